The Morgan fingerprint density at radius 1 is 1.25 bits per heavy atom. The SMILES string of the molecule is Cc1oc(-n2cccc2)c(C#N)c1C(=O)O[C@@H](C)C(=O)NC1CCCCCC1. The molecular formula is C21H25N3O4. The highest BCUT2D eigenvalue weighted by atomic mass is 16.5. The highest BCUT2D eigenvalue weighted by Gasteiger charge is 2.29. The molecule has 3 rings (SSSR count). The van der Waals surface area contributed by atoms with Gasteiger partial charge in [-0.05, 0) is 38.8 Å². The van der Waals surface area contributed by atoms with Crippen molar-refractivity contribution in [2.45, 2.75) is 64.5 Å². The minimum atomic E-state index is -0.952. The summed E-state index contributed by atoms with van der Waals surface area (Å²) in [6, 6.07) is 5.72. The molecule has 1 aliphatic rings. The smallest absolute Gasteiger partial charge is 0.343 e. The first-order valence-corrected chi connectivity index (χ1v) is 9.69. The lowest BCUT2D eigenvalue weighted by Crippen LogP contribution is -2.41. The normalized spacial score (nSPS) is 16.0. The number of esters is 1. The van der Waals surface area contributed by atoms with Gasteiger partial charge in [-0.3, -0.25) is 9.36 Å². The molecule has 0 unspecified atom stereocenters. The van der Waals surface area contributed by atoms with E-state index in [1.54, 1.807) is 36.0 Å². The van der Waals surface area contributed by atoms with Crippen molar-refractivity contribution >= 4 is 11.9 Å². The van der Waals surface area contributed by atoms with E-state index in [-0.39, 0.29) is 34.7 Å². The van der Waals surface area contributed by atoms with E-state index < -0.39 is 12.1 Å². The molecular weight excluding hydrogens is 358 g/mol. The van der Waals surface area contributed by atoms with Crippen LogP contribution in [0.1, 0.15) is 67.1 Å². The quantitative estimate of drug-likeness (QED) is 0.628. The fraction of sp³-hybridized carbons (Fsp3) is 0.476. The number of nitrogens with one attached hydrogen (secondary N) is 1. The molecule has 2 aromatic heterocycles. The molecule has 1 aliphatic carbocycles. The standard InChI is InChI=1S/C21H25N3O4/c1-14-18(17(13-22)20(27-14)24-11-7-8-12-24)21(26)28-15(2)19(25)23-16-9-5-3-4-6-10-16/h7-8,11-12,15-16H,3-6,9-10H2,1-2H3,(H,23,25)/t15-/m0/s1. The number of aromatic nitrogens is 1. The van der Waals surface area contributed by atoms with Crippen LogP contribution < -0.4 is 5.32 Å². The van der Waals surface area contributed by atoms with Gasteiger partial charge in [-0.25, -0.2) is 4.79 Å². The first-order valence-electron chi connectivity index (χ1n) is 9.69. The van der Waals surface area contributed by atoms with Crippen LogP contribution in [-0.4, -0.2) is 28.6 Å². The van der Waals surface area contributed by atoms with Crippen LogP contribution in [0.4, 0.5) is 0 Å². The number of hydrogen-bond acceptors (Lipinski definition) is 5. The Balaban J connectivity index is 1.70. The van der Waals surface area contributed by atoms with E-state index in [0.717, 1.165) is 25.7 Å². The molecule has 1 N–H and O–H groups in total. The third-order valence-electron chi connectivity index (χ3n) is 5.08. The van der Waals surface area contributed by atoms with Crippen LogP contribution in [0.5, 0.6) is 0 Å². The fourth-order valence-corrected chi connectivity index (χ4v) is 3.55. The van der Waals surface area contributed by atoms with Crippen molar-refractivity contribution in [1.82, 2.24) is 9.88 Å². The van der Waals surface area contributed by atoms with Crippen LogP contribution in [0.25, 0.3) is 5.88 Å². The number of ether oxygens (including phenoxy) is 1. The van der Waals surface area contributed by atoms with E-state index in [2.05, 4.69) is 5.32 Å². The van der Waals surface area contributed by atoms with Crippen molar-refractivity contribution in [2.24, 2.45) is 0 Å². The number of nitriles is 1. The molecule has 0 saturated heterocycles. The lowest BCUT2D eigenvalue weighted by Gasteiger charge is -2.19. The molecule has 1 fully saturated rings. The zero-order valence-corrected chi connectivity index (χ0v) is 16.2. The molecule has 0 spiro atoms. The van der Waals surface area contributed by atoms with Gasteiger partial charge in [-0.15, -0.1) is 0 Å². The van der Waals surface area contributed by atoms with E-state index in [1.807, 2.05) is 6.07 Å². The van der Waals surface area contributed by atoms with Gasteiger partial charge in [0.15, 0.2) is 6.10 Å². The first-order chi connectivity index (χ1) is 13.5. The van der Waals surface area contributed by atoms with E-state index in [1.165, 1.54) is 19.8 Å². The highest BCUT2D eigenvalue weighted by molar-refractivity contribution is 5.96. The van der Waals surface area contributed by atoms with Crippen LogP contribution in [0, 0.1) is 18.3 Å². The number of furan rings is 1. The number of carbonyl (C=O) groups is 2. The van der Waals surface area contributed by atoms with Crippen molar-refractivity contribution in [3.05, 3.63) is 41.4 Å². The van der Waals surface area contributed by atoms with Crippen LogP contribution in [-0.2, 0) is 9.53 Å². The predicted molar refractivity (Wildman–Crippen MR) is 102 cm³/mol. The van der Waals surface area contributed by atoms with Crippen molar-refractivity contribution in [3.63, 3.8) is 0 Å². The summed E-state index contributed by atoms with van der Waals surface area (Å²) in [4.78, 5) is 25.1. The zero-order valence-electron chi connectivity index (χ0n) is 16.2. The minimum Gasteiger partial charge on any atom is -0.449 e. The minimum absolute atomic E-state index is 0.0558. The van der Waals surface area contributed by atoms with Crippen molar-refractivity contribution in [3.8, 4) is 12.0 Å². The molecule has 148 valence electrons. The summed E-state index contributed by atoms with van der Waals surface area (Å²) in [6.07, 6.45) is 8.97. The third kappa shape index (κ3) is 4.28. The maximum Gasteiger partial charge on any atom is 0.343 e. The van der Waals surface area contributed by atoms with Crippen molar-refractivity contribution in [1.29, 1.82) is 5.26 Å². The first kappa shape index (κ1) is 19.7. The topological polar surface area (TPSA) is 97.3 Å². The second kappa shape index (κ2) is 8.79. The number of rotatable bonds is 5. The van der Waals surface area contributed by atoms with Crippen molar-refractivity contribution in [2.75, 3.05) is 0 Å². The Morgan fingerprint density at radius 3 is 2.50 bits per heavy atom. The lowest BCUT2D eigenvalue weighted by atomic mass is 10.1. The Kier molecular flexibility index (Phi) is 6.19. The van der Waals surface area contributed by atoms with Gasteiger partial charge in [0.1, 0.15) is 23.0 Å². The van der Waals surface area contributed by atoms with E-state index in [4.69, 9.17) is 9.15 Å². The van der Waals surface area contributed by atoms with Crippen LogP contribution >= 0.6 is 0 Å². The number of aryl methyl sites for hydroxylation is 1. The van der Waals surface area contributed by atoms with Gasteiger partial charge in [-0.2, -0.15) is 5.26 Å². The highest BCUT2D eigenvalue weighted by Crippen LogP contribution is 2.26. The molecule has 0 radical (unpaired) electrons. The lowest BCUT2D eigenvalue weighted by molar-refractivity contribution is -0.129. The van der Waals surface area contributed by atoms with Gasteiger partial charge in [0.25, 0.3) is 5.91 Å². The summed E-state index contributed by atoms with van der Waals surface area (Å²) < 4.78 is 12.6. The average Bonchev–Trinajstić information content (AvgIpc) is 3.23. The molecule has 7 heteroatoms. The molecule has 2 heterocycles. The Bertz CT molecular complexity index is 868. The number of nitrogens with zero attached hydrogens (tertiary/aromatic N) is 2. The van der Waals surface area contributed by atoms with Crippen LogP contribution in [0.15, 0.2) is 28.9 Å². The summed E-state index contributed by atoms with van der Waals surface area (Å²) in [5, 5.41) is 12.5. The van der Waals surface area contributed by atoms with Gasteiger partial charge in [0.2, 0.25) is 5.88 Å². The predicted octanol–water partition coefficient (Wildman–Crippen LogP) is 3.63. The summed E-state index contributed by atoms with van der Waals surface area (Å²) in [5.74, 6) is -0.514. The van der Waals surface area contributed by atoms with Gasteiger partial charge in [0.05, 0.1) is 0 Å². The van der Waals surface area contributed by atoms with E-state index >= 15 is 0 Å². The average molecular weight is 383 g/mol. The molecule has 28 heavy (non-hydrogen) atoms. The largest absolute Gasteiger partial charge is 0.449 e. The van der Waals surface area contributed by atoms with Gasteiger partial charge < -0.3 is 14.5 Å². The number of carbonyl (C=O) groups excluding carboxylic acids is 2. The maximum atomic E-state index is 12.7. The molecule has 1 saturated carbocycles. The van der Waals surface area contributed by atoms with Gasteiger partial charge >= 0.3 is 5.97 Å². The van der Waals surface area contributed by atoms with Crippen LogP contribution in [0.3, 0.4) is 0 Å². The summed E-state index contributed by atoms with van der Waals surface area (Å²) in [6.45, 7) is 3.14. The molecule has 1 atom stereocenters. The Hall–Kier alpha value is -3.01. The summed E-state index contributed by atoms with van der Waals surface area (Å²) in [5.41, 5.74) is 0.149. The van der Waals surface area contributed by atoms with Gasteiger partial charge in [-0.1, -0.05) is 25.7 Å². The third-order valence-corrected chi connectivity index (χ3v) is 5.08. The molecule has 2 aromatic rings. The second-order valence-corrected chi connectivity index (χ2v) is 7.16. The van der Waals surface area contributed by atoms with Crippen molar-refractivity contribution < 1.29 is 18.7 Å². The Labute approximate surface area is 164 Å². The number of hydrogen-bond donors (Lipinski definition) is 1. The van der Waals surface area contributed by atoms with E-state index in [0.29, 0.717) is 0 Å². The summed E-state index contributed by atoms with van der Waals surface area (Å²) in [7, 11) is 0. The monoisotopic (exact) mass is 383 g/mol. The second-order valence-electron chi connectivity index (χ2n) is 7.16. The summed E-state index contributed by atoms with van der Waals surface area (Å²) >= 11 is 0. The van der Waals surface area contributed by atoms with Gasteiger partial charge in [0, 0.05) is 18.4 Å². The maximum absolute atomic E-state index is 12.7. The molecule has 0 bridgehead atoms. The van der Waals surface area contributed by atoms with Crippen LogP contribution in [0.2, 0.25) is 0 Å². The Morgan fingerprint density at radius 2 is 1.89 bits per heavy atom. The molecule has 0 aliphatic heterocycles. The molecule has 1 amide bonds. The van der Waals surface area contributed by atoms with E-state index in [9.17, 15) is 14.9 Å². The fourth-order valence-electron chi connectivity index (χ4n) is 3.55. The molecule has 7 nitrogen and oxygen atoms in total. The number of amides is 1. The zero-order chi connectivity index (χ0) is 20.1. The molecule has 0 aromatic carbocycles.